The van der Waals surface area contributed by atoms with E-state index >= 15 is 0 Å². The van der Waals surface area contributed by atoms with Gasteiger partial charge in [0.15, 0.2) is 0 Å². The van der Waals surface area contributed by atoms with E-state index in [1.165, 1.54) is 34.5 Å². The number of halogens is 3. The summed E-state index contributed by atoms with van der Waals surface area (Å²) in [5, 5.41) is 1.42. The predicted octanol–water partition coefficient (Wildman–Crippen LogP) is 6.09. The quantitative estimate of drug-likeness (QED) is 0.264. The molecule has 39 heavy (non-hydrogen) atoms. The third-order valence-corrected chi connectivity index (χ3v) is 9.79. The molecule has 1 fully saturated rings. The molecule has 2 aliphatic heterocycles. The van der Waals surface area contributed by atoms with Gasteiger partial charge in [0.1, 0.15) is 13.0 Å². The lowest BCUT2D eigenvalue weighted by molar-refractivity contribution is 0.0987. The number of piperidine rings is 1. The van der Waals surface area contributed by atoms with E-state index in [9.17, 15) is 13.2 Å². The summed E-state index contributed by atoms with van der Waals surface area (Å²) in [6.45, 7) is 2.03. The van der Waals surface area contributed by atoms with E-state index in [1.54, 1.807) is 6.07 Å². The molecule has 0 unspecified atom stereocenters. The van der Waals surface area contributed by atoms with Gasteiger partial charge in [-0.2, -0.15) is 9.29 Å². The van der Waals surface area contributed by atoms with E-state index in [2.05, 4.69) is 42.4 Å². The molecule has 4 aromatic rings. The lowest BCUT2D eigenvalue weighted by Crippen LogP contribution is -2.48. The first-order valence-corrected chi connectivity index (χ1v) is 15.1. The molecule has 204 valence electrons. The molecule has 2 aliphatic rings. The van der Waals surface area contributed by atoms with Crippen LogP contribution in [0.5, 0.6) is 0 Å². The smallest absolute Gasteiger partial charge is 0.416 e. The van der Waals surface area contributed by atoms with Gasteiger partial charge in [0.25, 0.3) is 0 Å². The molecule has 12 heteroatoms. The highest BCUT2D eigenvalue weighted by Gasteiger charge is 2.33. The second-order valence-corrected chi connectivity index (χ2v) is 12.8. The molecule has 0 bridgehead atoms. The van der Waals surface area contributed by atoms with Crippen LogP contribution in [0, 0.1) is 0 Å². The lowest BCUT2D eigenvalue weighted by Gasteiger charge is -2.41. The first kappa shape index (κ1) is 28.1. The molecule has 3 aromatic carbocycles. The summed E-state index contributed by atoms with van der Waals surface area (Å²) < 4.78 is 38.8. The summed E-state index contributed by atoms with van der Waals surface area (Å²) in [5.74, 6) is -0.552. The largest absolute Gasteiger partial charge is 0.439 e. The number of sulfonamides is 1. The van der Waals surface area contributed by atoms with Crippen LogP contribution in [0.15, 0.2) is 85.5 Å². The van der Waals surface area contributed by atoms with Crippen LogP contribution in [0.1, 0.15) is 18.4 Å². The summed E-state index contributed by atoms with van der Waals surface area (Å²) in [6.07, 6.45) is 2.88. The molecule has 0 amide bonds. The van der Waals surface area contributed by atoms with Gasteiger partial charge in [-0.05, 0) is 61.4 Å². The zero-order chi connectivity index (χ0) is 27.6. The van der Waals surface area contributed by atoms with Crippen molar-refractivity contribution in [3.05, 3.63) is 97.6 Å². The molecule has 0 radical (unpaired) electrons. The maximum absolute atomic E-state index is 13.0. The Morgan fingerprint density at radius 3 is 2.51 bits per heavy atom. The summed E-state index contributed by atoms with van der Waals surface area (Å²) in [5.41, 5.74) is 2.98. The van der Waals surface area contributed by atoms with Crippen molar-refractivity contribution in [3.8, 4) is 0 Å². The predicted molar refractivity (Wildman–Crippen MR) is 155 cm³/mol. The number of aromatic nitrogens is 1. The summed E-state index contributed by atoms with van der Waals surface area (Å²) in [6, 6.07) is 18.2. The molecule has 8 nitrogen and oxygen atoms in total. The number of para-hydroxylation sites is 1. The highest BCUT2D eigenvalue weighted by Crippen LogP contribution is 2.34. The molecule has 1 saturated heterocycles. The van der Waals surface area contributed by atoms with Crippen molar-refractivity contribution < 1.29 is 17.6 Å². The van der Waals surface area contributed by atoms with Crippen molar-refractivity contribution in [2.45, 2.75) is 30.4 Å². The summed E-state index contributed by atoms with van der Waals surface area (Å²) in [7, 11) is -3.59. The Morgan fingerprint density at radius 2 is 1.74 bits per heavy atom. The van der Waals surface area contributed by atoms with Crippen molar-refractivity contribution in [2.75, 3.05) is 24.7 Å². The van der Waals surface area contributed by atoms with E-state index in [0.29, 0.717) is 37.0 Å². The fraction of sp³-hybridized carbons (Fsp3) is 0.259. The third kappa shape index (κ3) is 6.32. The number of benzene rings is 3. The minimum Gasteiger partial charge on any atom is -0.416 e. The van der Waals surface area contributed by atoms with E-state index in [4.69, 9.17) is 27.9 Å². The fourth-order valence-electron chi connectivity index (χ4n) is 4.68. The molecule has 3 heterocycles. The van der Waals surface area contributed by atoms with Crippen molar-refractivity contribution in [1.29, 1.82) is 0 Å². The van der Waals surface area contributed by atoms with Gasteiger partial charge in [-0.1, -0.05) is 51.3 Å². The Hall–Kier alpha value is -2.47. The van der Waals surface area contributed by atoms with Crippen molar-refractivity contribution in [3.63, 3.8) is 0 Å². The third-order valence-electron chi connectivity index (χ3n) is 6.67. The zero-order valence-corrected chi connectivity index (χ0v) is 24.5. The zero-order valence-electron chi connectivity index (χ0n) is 20.6. The number of nitrogens with zero attached hydrogens (tertiary/aromatic N) is 3. The van der Waals surface area contributed by atoms with Gasteiger partial charge in [0.2, 0.25) is 10.0 Å². The average molecular weight is 653 g/mol. The Labute approximate surface area is 244 Å². The lowest BCUT2D eigenvalue weighted by atomic mass is 10.0. The standard InChI is InChI=1S/C19H19BrCl2N2O3S.C8H5NO2/c20-14-1-4-19-13(9-14)11-27-12-24(19)15-5-7-23(8-6-15)28(25,26)16-2-3-17(21)18(22)10-16;10-8-9-7-4-2-1-3-6(7)5-11-8/h1-4,9-10,15H,5-8,11-12H2;1-5H. The molecule has 6 rings (SSSR count). The molecule has 0 aliphatic carbocycles. The van der Waals surface area contributed by atoms with Gasteiger partial charge >= 0.3 is 5.76 Å². The second kappa shape index (κ2) is 12.0. The molecular formula is C27H24BrCl2N3O5S. The highest BCUT2D eigenvalue weighted by molar-refractivity contribution is 9.10. The SMILES string of the molecule is O=S(=O)(c1ccc(Cl)c(Cl)c1)N1CCC(N2COCc3cc(Br)ccc32)CC1.O=c1nc2ccccc2co1. The van der Waals surface area contributed by atoms with Gasteiger partial charge in [-0.15, -0.1) is 0 Å². The van der Waals surface area contributed by atoms with E-state index in [0.717, 1.165) is 28.3 Å². The van der Waals surface area contributed by atoms with Crippen LogP contribution in [-0.4, -0.2) is 43.6 Å². The summed E-state index contributed by atoms with van der Waals surface area (Å²) >= 11 is 15.4. The molecule has 0 spiro atoms. The number of rotatable bonds is 3. The number of anilines is 1. The van der Waals surface area contributed by atoms with Crippen LogP contribution in [0.25, 0.3) is 10.9 Å². The van der Waals surface area contributed by atoms with Crippen molar-refractivity contribution >= 4 is 65.7 Å². The molecular weight excluding hydrogens is 629 g/mol. The number of hydrogen-bond donors (Lipinski definition) is 0. The Balaban J connectivity index is 0.000000233. The van der Waals surface area contributed by atoms with Gasteiger partial charge in [-0.3, -0.25) is 0 Å². The normalized spacial score (nSPS) is 16.4. The van der Waals surface area contributed by atoms with Crippen LogP contribution in [0.3, 0.4) is 0 Å². The maximum Gasteiger partial charge on any atom is 0.439 e. The monoisotopic (exact) mass is 651 g/mol. The highest BCUT2D eigenvalue weighted by atomic mass is 79.9. The molecule has 0 saturated carbocycles. The Bertz CT molecular complexity index is 1660. The molecule has 1 aromatic heterocycles. The maximum atomic E-state index is 13.0. The Morgan fingerprint density at radius 1 is 0.974 bits per heavy atom. The fourth-order valence-corrected chi connectivity index (χ4v) is 6.95. The van der Waals surface area contributed by atoms with Gasteiger partial charge in [0.05, 0.1) is 27.1 Å². The van der Waals surface area contributed by atoms with Crippen LogP contribution in [-0.2, 0) is 21.4 Å². The molecule has 0 N–H and O–H groups in total. The first-order chi connectivity index (χ1) is 18.7. The van der Waals surface area contributed by atoms with Gasteiger partial charge in [-0.25, -0.2) is 13.2 Å². The Kier molecular flexibility index (Phi) is 8.60. The van der Waals surface area contributed by atoms with Crippen molar-refractivity contribution in [2.24, 2.45) is 0 Å². The molecule has 0 atom stereocenters. The van der Waals surface area contributed by atoms with E-state index in [1.807, 2.05) is 24.3 Å². The summed E-state index contributed by atoms with van der Waals surface area (Å²) in [4.78, 5) is 16.7. The first-order valence-electron chi connectivity index (χ1n) is 12.1. The van der Waals surface area contributed by atoms with E-state index < -0.39 is 15.8 Å². The van der Waals surface area contributed by atoms with E-state index in [-0.39, 0.29) is 16.0 Å². The minimum atomic E-state index is -3.59. The van der Waals surface area contributed by atoms with Crippen molar-refractivity contribution in [1.82, 2.24) is 9.29 Å². The van der Waals surface area contributed by atoms with Gasteiger partial charge in [0, 0.05) is 40.2 Å². The van der Waals surface area contributed by atoms with Crippen LogP contribution in [0.2, 0.25) is 10.0 Å². The minimum absolute atomic E-state index is 0.178. The van der Waals surface area contributed by atoms with Gasteiger partial charge < -0.3 is 14.1 Å². The number of ether oxygens (including phenoxy) is 1. The topological polar surface area (TPSA) is 93.0 Å². The number of hydrogen-bond acceptors (Lipinski definition) is 7. The van der Waals surface area contributed by atoms with Crippen LogP contribution < -0.4 is 10.7 Å². The second-order valence-electron chi connectivity index (χ2n) is 9.10. The van der Waals surface area contributed by atoms with Crippen LogP contribution >= 0.6 is 39.1 Å². The number of fused-ring (bicyclic) bond motifs is 2. The van der Waals surface area contributed by atoms with Crippen LogP contribution in [0.4, 0.5) is 5.69 Å². The average Bonchev–Trinajstić information content (AvgIpc) is 2.94.